The summed E-state index contributed by atoms with van der Waals surface area (Å²) < 4.78 is 0. The maximum absolute atomic E-state index is 10.8. The number of carbonyl (C=O) groups is 1. The normalized spacial score (nSPS) is 9.83. The van der Waals surface area contributed by atoms with Crippen molar-refractivity contribution in [2.75, 3.05) is 7.11 Å². The molecule has 0 aromatic carbocycles. The molecular formula is C9H19NO2. The summed E-state index contributed by atoms with van der Waals surface area (Å²) in [7, 11) is 1.45. The van der Waals surface area contributed by atoms with Gasteiger partial charge < -0.3 is 0 Å². The lowest BCUT2D eigenvalue weighted by atomic mass is 10.1. The Balaban J connectivity index is 3.03. The van der Waals surface area contributed by atoms with Crippen LogP contribution in [-0.2, 0) is 9.63 Å². The Morgan fingerprint density at radius 1 is 1.25 bits per heavy atom. The summed E-state index contributed by atoms with van der Waals surface area (Å²) in [5, 5.41) is 0. The highest BCUT2D eigenvalue weighted by Gasteiger charge is 1.98. The number of carbonyl (C=O) groups excluding carboxylic acids is 1. The van der Waals surface area contributed by atoms with Gasteiger partial charge in [-0.05, 0) is 6.42 Å². The molecule has 0 aromatic heterocycles. The molecule has 0 saturated carbocycles. The van der Waals surface area contributed by atoms with Gasteiger partial charge in [0.25, 0.3) is 0 Å². The summed E-state index contributed by atoms with van der Waals surface area (Å²) in [6, 6.07) is 0. The van der Waals surface area contributed by atoms with E-state index >= 15 is 0 Å². The molecule has 0 rings (SSSR count). The molecule has 1 N–H and O–H groups in total. The third-order valence-electron chi connectivity index (χ3n) is 1.72. The van der Waals surface area contributed by atoms with E-state index in [0.717, 1.165) is 12.8 Å². The monoisotopic (exact) mass is 173 g/mol. The summed E-state index contributed by atoms with van der Waals surface area (Å²) in [5.41, 5.74) is 2.30. The number of amides is 1. The van der Waals surface area contributed by atoms with Crippen LogP contribution < -0.4 is 5.48 Å². The fourth-order valence-corrected chi connectivity index (χ4v) is 1.05. The first-order valence-corrected chi connectivity index (χ1v) is 4.63. The average Bonchev–Trinajstić information content (AvgIpc) is 2.05. The lowest BCUT2D eigenvalue weighted by Gasteiger charge is -2.01. The van der Waals surface area contributed by atoms with Gasteiger partial charge in [0, 0.05) is 6.42 Å². The molecule has 3 nitrogen and oxygen atoms in total. The van der Waals surface area contributed by atoms with Crippen molar-refractivity contribution in [3.05, 3.63) is 0 Å². The van der Waals surface area contributed by atoms with Crippen molar-refractivity contribution in [1.82, 2.24) is 5.48 Å². The second-order valence-corrected chi connectivity index (χ2v) is 2.89. The molecule has 12 heavy (non-hydrogen) atoms. The number of nitrogens with one attached hydrogen (secondary N) is 1. The molecule has 0 unspecified atom stereocenters. The van der Waals surface area contributed by atoms with E-state index in [1.54, 1.807) is 0 Å². The van der Waals surface area contributed by atoms with Gasteiger partial charge in [-0.2, -0.15) is 0 Å². The summed E-state index contributed by atoms with van der Waals surface area (Å²) >= 11 is 0. The summed E-state index contributed by atoms with van der Waals surface area (Å²) in [5.74, 6) is -0.0194. The molecule has 72 valence electrons. The molecular weight excluding hydrogens is 154 g/mol. The molecule has 0 aliphatic carbocycles. The van der Waals surface area contributed by atoms with Gasteiger partial charge in [0.2, 0.25) is 5.91 Å². The van der Waals surface area contributed by atoms with Gasteiger partial charge >= 0.3 is 0 Å². The van der Waals surface area contributed by atoms with Crippen LogP contribution >= 0.6 is 0 Å². The van der Waals surface area contributed by atoms with Crippen molar-refractivity contribution in [2.45, 2.75) is 45.4 Å². The quantitative estimate of drug-likeness (QED) is 0.472. The lowest BCUT2D eigenvalue weighted by Crippen LogP contribution is -2.21. The second-order valence-electron chi connectivity index (χ2n) is 2.89. The van der Waals surface area contributed by atoms with Crippen LogP contribution in [-0.4, -0.2) is 13.0 Å². The Hall–Kier alpha value is -0.570. The van der Waals surface area contributed by atoms with Crippen LogP contribution in [0.1, 0.15) is 45.4 Å². The van der Waals surface area contributed by atoms with Crippen LogP contribution in [0.3, 0.4) is 0 Å². The molecule has 0 fully saturated rings. The third-order valence-corrected chi connectivity index (χ3v) is 1.72. The highest BCUT2D eigenvalue weighted by atomic mass is 16.6. The predicted octanol–water partition coefficient (Wildman–Crippen LogP) is 2.02. The molecule has 0 aromatic rings. The maximum Gasteiger partial charge on any atom is 0.243 e. The Bertz CT molecular complexity index is 115. The van der Waals surface area contributed by atoms with Crippen molar-refractivity contribution in [3.63, 3.8) is 0 Å². The minimum absolute atomic E-state index is 0.0194. The van der Waals surface area contributed by atoms with E-state index in [1.165, 1.54) is 26.4 Å². The molecule has 3 heteroatoms. The van der Waals surface area contributed by atoms with E-state index < -0.39 is 0 Å². The van der Waals surface area contributed by atoms with E-state index in [1.807, 2.05) is 0 Å². The van der Waals surface area contributed by atoms with Crippen LogP contribution in [0.2, 0.25) is 0 Å². The topological polar surface area (TPSA) is 38.3 Å². The molecule has 0 atom stereocenters. The summed E-state index contributed by atoms with van der Waals surface area (Å²) in [6.45, 7) is 2.18. The number of hydrogen-bond acceptors (Lipinski definition) is 2. The SMILES string of the molecule is CCCCCCCC(=O)NOC. The summed E-state index contributed by atoms with van der Waals surface area (Å²) in [4.78, 5) is 15.3. The minimum Gasteiger partial charge on any atom is -0.277 e. The van der Waals surface area contributed by atoms with Gasteiger partial charge in [-0.25, -0.2) is 5.48 Å². The summed E-state index contributed by atoms with van der Waals surface area (Å²) in [6.07, 6.45) is 6.44. The minimum atomic E-state index is -0.0194. The van der Waals surface area contributed by atoms with Crippen LogP contribution in [0, 0.1) is 0 Å². The van der Waals surface area contributed by atoms with E-state index in [2.05, 4.69) is 17.2 Å². The van der Waals surface area contributed by atoms with Crippen LogP contribution in [0.5, 0.6) is 0 Å². The van der Waals surface area contributed by atoms with Gasteiger partial charge in [0.15, 0.2) is 0 Å². The van der Waals surface area contributed by atoms with Crippen molar-refractivity contribution < 1.29 is 9.63 Å². The third kappa shape index (κ3) is 7.54. The van der Waals surface area contributed by atoms with E-state index in [-0.39, 0.29) is 5.91 Å². The second kappa shape index (κ2) is 8.53. The zero-order chi connectivity index (χ0) is 9.23. The van der Waals surface area contributed by atoms with Gasteiger partial charge in [-0.15, -0.1) is 0 Å². The average molecular weight is 173 g/mol. The fraction of sp³-hybridized carbons (Fsp3) is 0.889. The highest BCUT2D eigenvalue weighted by Crippen LogP contribution is 2.04. The van der Waals surface area contributed by atoms with Gasteiger partial charge in [-0.1, -0.05) is 32.6 Å². The Labute approximate surface area is 74.4 Å². The van der Waals surface area contributed by atoms with Crippen LogP contribution in [0.4, 0.5) is 0 Å². The molecule has 0 spiro atoms. The zero-order valence-corrected chi connectivity index (χ0v) is 8.06. The lowest BCUT2D eigenvalue weighted by molar-refractivity contribution is -0.131. The van der Waals surface area contributed by atoms with Crippen molar-refractivity contribution in [1.29, 1.82) is 0 Å². The molecule has 1 amide bonds. The highest BCUT2D eigenvalue weighted by molar-refractivity contribution is 5.74. The van der Waals surface area contributed by atoms with Crippen molar-refractivity contribution >= 4 is 5.91 Å². The Morgan fingerprint density at radius 3 is 2.50 bits per heavy atom. The first kappa shape index (κ1) is 11.4. The molecule has 0 radical (unpaired) electrons. The van der Waals surface area contributed by atoms with Crippen molar-refractivity contribution in [3.8, 4) is 0 Å². The maximum atomic E-state index is 10.8. The Kier molecular flexibility index (Phi) is 8.12. The number of rotatable bonds is 7. The molecule has 0 aliphatic heterocycles. The number of hydrogen-bond donors (Lipinski definition) is 1. The van der Waals surface area contributed by atoms with Gasteiger partial charge in [0.1, 0.15) is 0 Å². The Morgan fingerprint density at radius 2 is 1.92 bits per heavy atom. The smallest absolute Gasteiger partial charge is 0.243 e. The molecule has 0 saturated heterocycles. The fourth-order valence-electron chi connectivity index (χ4n) is 1.05. The molecule has 0 heterocycles. The zero-order valence-electron chi connectivity index (χ0n) is 8.06. The first-order chi connectivity index (χ1) is 5.81. The van der Waals surface area contributed by atoms with Crippen LogP contribution in [0.25, 0.3) is 0 Å². The predicted molar refractivity (Wildman–Crippen MR) is 48.5 cm³/mol. The largest absolute Gasteiger partial charge is 0.277 e. The standard InChI is InChI=1S/C9H19NO2/c1-3-4-5-6-7-8-9(11)10-12-2/h3-8H2,1-2H3,(H,10,11). The van der Waals surface area contributed by atoms with E-state index in [9.17, 15) is 4.79 Å². The van der Waals surface area contributed by atoms with Crippen molar-refractivity contribution in [2.24, 2.45) is 0 Å². The van der Waals surface area contributed by atoms with E-state index in [0.29, 0.717) is 6.42 Å². The number of unbranched alkanes of at least 4 members (excludes halogenated alkanes) is 4. The van der Waals surface area contributed by atoms with Gasteiger partial charge in [0.05, 0.1) is 7.11 Å². The number of hydroxylamine groups is 1. The first-order valence-electron chi connectivity index (χ1n) is 4.63. The molecule has 0 aliphatic rings. The van der Waals surface area contributed by atoms with Crippen LogP contribution in [0.15, 0.2) is 0 Å². The molecule has 0 bridgehead atoms. The van der Waals surface area contributed by atoms with Gasteiger partial charge in [-0.3, -0.25) is 9.63 Å². The van der Waals surface area contributed by atoms with E-state index in [4.69, 9.17) is 0 Å².